The highest BCUT2D eigenvalue weighted by molar-refractivity contribution is 7.99. The van der Waals surface area contributed by atoms with Crippen molar-refractivity contribution in [3.8, 4) is 0 Å². The third-order valence-corrected chi connectivity index (χ3v) is 4.41. The standard InChI is InChI=1S/C13H20N4O2S/c1-2-5-20-12-15-6-10(7-16-12)8-17-4-3-13(14,9-17)11(18)19/h6-7H,2-5,8-9,14H2,1H3,(H,18,19)/t13-/m0/s1. The molecule has 110 valence electrons. The van der Waals surface area contributed by atoms with Gasteiger partial charge in [0.25, 0.3) is 0 Å². The molecular weight excluding hydrogens is 276 g/mol. The second kappa shape index (κ2) is 6.51. The summed E-state index contributed by atoms with van der Waals surface area (Å²) in [6.07, 6.45) is 5.19. The minimum absolute atomic E-state index is 0.370. The van der Waals surface area contributed by atoms with Gasteiger partial charge in [-0.25, -0.2) is 9.97 Å². The summed E-state index contributed by atoms with van der Waals surface area (Å²) in [5.41, 5.74) is 5.72. The van der Waals surface area contributed by atoms with Crippen LogP contribution in [-0.4, -0.2) is 50.3 Å². The van der Waals surface area contributed by atoms with Crippen molar-refractivity contribution in [1.29, 1.82) is 0 Å². The van der Waals surface area contributed by atoms with Gasteiger partial charge in [0.15, 0.2) is 5.16 Å². The lowest BCUT2D eigenvalue weighted by Gasteiger charge is -2.19. The van der Waals surface area contributed by atoms with E-state index in [4.69, 9.17) is 10.8 Å². The van der Waals surface area contributed by atoms with Crippen molar-refractivity contribution in [2.75, 3.05) is 18.8 Å². The first-order valence-corrected chi connectivity index (χ1v) is 7.70. The molecule has 0 aliphatic carbocycles. The minimum atomic E-state index is -1.11. The quantitative estimate of drug-likeness (QED) is 0.597. The van der Waals surface area contributed by atoms with E-state index in [1.807, 2.05) is 17.3 Å². The van der Waals surface area contributed by atoms with Gasteiger partial charge in [0.2, 0.25) is 0 Å². The lowest BCUT2D eigenvalue weighted by molar-refractivity contribution is -0.142. The molecule has 1 aromatic rings. The Balaban J connectivity index is 1.90. The van der Waals surface area contributed by atoms with Gasteiger partial charge in [0.05, 0.1) is 0 Å². The van der Waals surface area contributed by atoms with Crippen molar-refractivity contribution in [1.82, 2.24) is 14.9 Å². The molecular formula is C13H20N4O2S. The summed E-state index contributed by atoms with van der Waals surface area (Å²) >= 11 is 1.64. The van der Waals surface area contributed by atoms with E-state index in [-0.39, 0.29) is 0 Å². The Kier molecular flexibility index (Phi) is 4.95. The number of aromatic nitrogens is 2. The van der Waals surface area contributed by atoms with E-state index in [1.54, 1.807) is 11.8 Å². The molecule has 2 heterocycles. The second-order valence-electron chi connectivity index (χ2n) is 5.14. The molecule has 2 rings (SSSR count). The summed E-state index contributed by atoms with van der Waals surface area (Å²) in [7, 11) is 0. The second-order valence-corrected chi connectivity index (χ2v) is 6.21. The molecule has 1 aromatic heterocycles. The van der Waals surface area contributed by atoms with Crippen LogP contribution < -0.4 is 5.73 Å². The van der Waals surface area contributed by atoms with Gasteiger partial charge in [-0.2, -0.15) is 0 Å². The molecule has 20 heavy (non-hydrogen) atoms. The van der Waals surface area contributed by atoms with Crippen LogP contribution >= 0.6 is 11.8 Å². The highest BCUT2D eigenvalue weighted by Crippen LogP contribution is 2.21. The van der Waals surface area contributed by atoms with Crippen molar-refractivity contribution in [2.45, 2.75) is 37.0 Å². The Labute approximate surface area is 122 Å². The van der Waals surface area contributed by atoms with Gasteiger partial charge in [-0.15, -0.1) is 0 Å². The molecule has 1 aliphatic heterocycles. The zero-order chi connectivity index (χ0) is 14.6. The number of hydrogen-bond donors (Lipinski definition) is 2. The van der Waals surface area contributed by atoms with E-state index in [1.165, 1.54) is 0 Å². The molecule has 1 aliphatic rings. The van der Waals surface area contributed by atoms with Gasteiger partial charge < -0.3 is 10.8 Å². The smallest absolute Gasteiger partial charge is 0.325 e. The fourth-order valence-corrected chi connectivity index (χ4v) is 2.82. The maximum Gasteiger partial charge on any atom is 0.325 e. The zero-order valence-corrected chi connectivity index (χ0v) is 12.4. The predicted molar refractivity (Wildman–Crippen MR) is 77.5 cm³/mol. The van der Waals surface area contributed by atoms with E-state index >= 15 is 0 Å². The molecule has 0 aromatic carbocycles. The first kappa shape index (κ1) is 15.2. The molecule has 1 fully saturated rings. The van der Waals surface area contributed by atoms with Crippen molar-refractivity contribution in [3.05, 3.63) is 18.0 Å². The van der Waals surface area contributed by atoms with Crippen LogP contribution in [-0.2, 0) is 11.3 Å². The van der Waals surface area contributed by atoms with Crippen LogP contribution in [0.4, 0.5) is 0 Å². The monoisotopic (exact) mass is 296 g/mol. The molecule has 6 nitrogen and oxygen atoms in total. The van der Waals surface area contributed by atoms with E-state index in [9.17, 15) is 4.79 Å². The summed E-state index contributed by atoms with van der Waals surface area (Å²) in [5.74, 6) is 0.0855. The maximum atomic E-state index is 11.1. The number of nitrogens with zero attached hydrogens (tertiary/aromatic N) is 3. The minimum Gasteiger partial charge on any atom is -0.480 e. The van der Waals surface area contributed by atoms with Gasteiger partial charge in [0.1, 0.15) is 5.54 Å². The largest absolute Gasteiger partial charge is 0.480 e. The average molecular weight is 296 g/mol. The van der Waals surface area contributed by atoms with Crippen LogP contribution in [0.5, 0.6) is 0 Å². The lowest BCUT2D eigenvalue weighted by Crippen LogP contribution is -2.50. The van der Waals surface area contributed by atoms with Gasteiger partial charge in [-0.3, -0.25) is 9.69 Å². The number of nitrogens with two attached hydrogens (primary N) is 1. The number of carbonyl (C=O) groups is 1. The normalized spacial score (nSPS) is 23.1. The van der Waals surface area contributed by atoms with E-state index in [0.29, 0.717) is 26.1 Å². The third-order valence-electron chi connectivity index (χ3n) is 3.33. The molecule has 0 amide bonds. The first-order chi connectivity index (χ1) is 9.53. The Bertz CT molecular complexity index is 468. The summed E-state index contributed by atoms with van der Waals surface area (Å²) in [6.45, 7) is 3.82. The molecule has 0 radical (unpaired) electrons. The van der Waals surface area contributed by atoms with Crippen LogP contribution in [0, 0.1) is 0 Å². The maximum absolute atomic E-state index is 11.1. The fourth-order valence-electron chi connectivity index (χ4n) is 2.17. The van der Waals surface area contributed by atoms with Gasteiger partial charge in [-0.1, -0.05) is 18.7 Å². The van der Waals surface area contributed by atoms with Crippen molar-refractivity contribution in [2.24, 2.45) is 5.73 Å². The molecule has 0 saturated carbocycles. The number of hydrogen-bond acceptors (Lipinski definition) is 6. The lowest BCUT2D eigenvalue weighted by atomic mass is 10.0. The van der Waals surface area contributed by atoms with Gasteiger partial charge in [0, 0.05) is 43.3 Å². The Morgan fingerprint density at radius 3 is 2.80 bits per heavy atom. The molecule has 7 heteroatoms. The molecule has 0 bridgehead atoms. The topological polar surface area (TPSA) is 92.3 Å². The number of rotatable bonds is 6. The van der Waals surface area contributed by atoms with Crippen molar-refractivity contribution >= 4 is 17.7 Å². The van der Waals surface area contributed by atoms with Gasteiger partial charge in [-0.05, 0) is 12.8 Å². The fraction of sp³-hybridized carbons (Fsp3) is 0.615. The molecule has 0 unspecified atom stereocenters. The number of thioether (sulfide) groups is 1. The predicted octanol–water partition coefficient (Wildman–Crippen LogP) is 0.966. The SMILES string of the molecule is CCCSc1ncc(CN2CC[C@@](N)(C(=O)O)C2)cn1. The Morgan fingerprint density at radius 2 is 2.25 bits per heavy atom. The Hall–Kier alpha value is -1.18. The summed E-state index contributed by atoms with van der Waals surface area (Å²) in [6, 6.07) is 0. The number of carboxylic acids is 1. The Morgan fingerprint density at radius 1 is 1.55 bits per heavy atom. The molecule has 1 saturated heterocycles. The summed E-state index contributed by atoms with van der Waals surface area (Å²) < 4.78 is 0. The number of likely N-dealkylation sites (tertiary alicyclic amines) is 1. The summed E-state index contributed by atoms with van der Waals surface area (Å²) in [5, 5.41) is 9.88. The highest BCUT2D eigenvalue weighted by Gasteiger charge is 2.41. The van der Waals surface area contributed by atoms with Crippen LogP contribution in [0.2, 0.25) is 0 Å². The first-order valence-electron chi connectivity index (χ1n) is 6.72. The molecule has 3 N–H and O–H groups in total. The van der Waals surface area contributed by atoms with Crippen LogP contribution in [0.15, 0.2) is 17.6 Å². The van der Waals surface area contributed by atoms with Crippen molar-refractivity contribution < 1.29 is 9.90 Å². The van der Waals surface area contributed by atoms with E-state index in [0.717, 1.165) is 22.9 Å². The van der Waals surface area contributed by atoms with Crippen LogP contribution in [0.25, 0.3) is 0 Å². The van der Waals surface area contributed by atoms with Crippen LogP contribution in [0.1, 0.15) is 25.3 Å². The van der Waals surface area contributed by atoms with Gasteiger partial charge >= 0.3 is 5.97 Å². The van der Waals surface area contributed by atoms with E-state index in [2.05, 4.69) is 16.9 Å². The average Bonchev–Trinajstić information content (AvgIpc) is 2.81. The third kappa shape index (κ3) is 3.68. The van der Waals surface area contributed by atoms with Crippen LogP contribution in [0.3, 0.4) is 0 Å². The molecule has 0 spiro atoms. The van der Waals surface area contributed by atoms with Crippen molar-refractivity contribution in [3.63, 3.8) is 0 Å². The summed E-state index contributed by atoms with van der Waals surface area (Å²) in [4.78, 5) is 21.7. The van der Waals surface area contributed by atoms with E-state index < -0.39 is 11.5 Å². The zero-order valence-electron chi connectivity index (χ0n) is 11.6. The molecule has 1 atom stereocenters. The highest BCUT2D eigenvalue weighted by atomic mass is 32.2. The number of aliphatic carboxylic acids is 1. The number of carboxylic acid groups (broad SMARTS) is 1.